The molecular formula is C58H55NS. The molecule has 7 aromatic rings. The van der Waals surface area contributed by atoms with Crippen LogP contribution in [0.2, 0.25) is 0 Å². The number of rotatable bonds is 4. The van der Waals surface area contributed by atoms with Gasteiger partial charge in [0.05, 0.1) is 5.69 Å². The zero-order valence-electron chi connectivity index (χ0n) is 35.0. The van der Waals surface area contributed by atoms with Crippen molar-refractivity contribution in [3.8, 4) is 22.3 Å². The lowest BCUT2D eigenvalue weighted by Crippen LogP contribution is -2.55. The van der Waals surface area contributed by atoms with Crippen LogP contribution in [0.3, 0.4) is 0 Å². The van der Waals surface area contributed by atoms with Crippen molar-refractivity contribution in [3.05, 3.63) is 150 Å². The minimum Gasteiger partial charge on any atom is -0.310 e. The standard InChI is InChI=1S/C58H55NS/c1-2-35-21-22-38-11-9-12-39(28-35)57(38)50-17-7-4-14-45(50)48-33-42(24-26-51(48)57)59(53-18-10-20-55-56(53)47-15-5-8-19-54(47)60-55)43-23-25-46-44-13-3-6-16-49(44)58(52(46)34-43)40-29-36-27-37(31-40)32-41(58)30-36/h3-8,10,13-20,23-26,33-41H,2,9,11-12,21-22,27-32H2,1H3. The highest BCUT2D eigenvalue weighted by Crippen LogP contribution is 2.70. The minimum absolute atomic E-state index is 0.124. The van der Waals surface area contributed by atoms with Crippen LogP contribution in [0, 0.1) is 41.4 Å². The summed E-state index contributed by atoms with van der Waals surface area (Å²) in [5, 5.41) is 2.75. The number of hydrogen-bond donors (Lipinski definition) is 0. The van der Waals surface area contributed by atoms with Crippen molar-refractivity contribution in [1.29, 1.82) is 0 Å². The second-order valence-electron chi connectivity index (χ2n) is 20.6. The maximum Gasteiger partial charge on any atom is 0.0554 e. The summed E-state index contributed by atoms with van der Waals surface area (Å²) in [6.45, 7) is 2.45. The summed E-state index contributed by atoms with van der Waals surface area (Å²) in [6, 6.07) is 51.1. The fourth-order valence-corrected chi connectivity index (χ4v) is 17.5. The van der Waals surface area contributed by atoms with Gasteiger partial charge >= 0.3 is 0 Å². The highest BCUT2D eigenvalue weighted by atomic mass is 32.1. The fraction of sp³-hybridized carbons (Fsp3) is 0.379. The van der Waals surface area contributed by atoms with Crippen molar-refractivity contribution >= 4 is 48.6 Å². The topological polar surface area (TPSA) is 3.24 Å². The number of anilines is 3. The zero-order chi connectivity index (χ0) is 39.3. The van der Waals surface area contributed by atoms with Gasteiger partial charge in [0.25, 0.3) is 0 Å². The molecule has 0 radical (unpaired) electrons. The van der Waals surface area contributed by atoms with E-state index in [2.05, 4.69) is 139 Å². The van der Waals surface area contributed by atoms with E-state index in [1.807, 2.05) is 11.3 Å². The van der Waals surface area contributed by atoms with E-state index in [-0.39, 0.29) is 10.8 Å². The second-order valence-corrected chi connectivity index (χ2v) is 21.7. The van der Waals surface area contributed by atoms with E-state index in [9.17, 15) is 0 Å². The van der Waals surface area contributed by atoms with E-state index in [0.29, 0.717) is 0 Å². The average molecular weight is 798 g/mol. The smallest absolute Gasteiger partial charge is 0.0554 e. The van der Waals surface area contributed by atoms with Crippen molar-refractivity contribution < 1.29 is 0 Å². The molecule has 6 aromatic carbocycles. The number of thiophene rings is 1. The van der Waals surface area contributed by atoms with Gasteiger partial charge in [0, 0.05) is 42.4 Å². The molecule has 1 nitrogen and oxygen atoms in total. The first kappa shape index (κ1) is 35.0. The summed E-state index contributed by atoms with van der Waals surface area (Å²) in [4.78, 5) is 2.70. The third kappa shape index (κ3) is 4.44. The monoisotopic (exact) mass is 797 g/mol. The molecule has 8 aliphatic carbocycles. The van der Waals surface area contributed by atoms with Crippen LogP contribution in [0.15, 0.2) is 127 Å². The minimum atomic E-state index is 0.124. The predicted octanol–water partition coefficient (Wildman–Crippen LogP) is 16.1. The van der Waals surface area contributed by atoms with E-state index < -0.39 is 0 Å². The molecule has 6 saturated carbocycles. The summed E-state index contributed by atoms with van der Waals surface area (Å²) in [5.41, 5.74) is 16.7. The van der Waals surface area contributed by atoms with Crippen LogP contribution < -0.4 is 4.90 Å². The molecular weight excluding hydrogens is 743 g/mol. The Hall–Kier alpha value is -4.66. The Kier molecular flexibility index (Phi) is 7.41. The normalized spacial score (nSPS) is 31.4. The van der Waals surface area contributed by atoms with Crippen LogP contribution in [0.25, 0.3) is 42.4 Å². The average Bonchev–Trinajstić information content (AvgIpc) is 3.89. The zero-order valence-corrected chi connectivity index (χ0v) is 35.8. The van der Waals surface area contributed by atoms with Gasteiger partial charge < -0.3 is 4.90 Å². The summed E-state index contributed by atoms with van der Waals surface area (Å²) < 4.78 is 2.74. The van der Waals surface area contributed by atoms with Gasteiger partial charge in [-0.05, 0) is 186 Å². The van der Waals surface area contributed by atoms with Gasteiger partial charge in [-0.1, -0.05) is 111 Å². The van der Waals surface area contributed by atoms with Gasteiger partial charge in [0.2, 0.25) is 0 Å². The Morgan fingerprint density at radius 2 is 1.13 bits per heavy atom. The molecule has 0 saturated heterocycles. The maximum absolute atomic E-state index is 2.72. The first-order chi connectivity index (χ1) is 29.6. The molecule has 6 bridgehead atoms. The molecule has 1 heterocycles. The van der Waals surface area contributed by atoms with E-state index in [1.54, 1.807) is 22.3 Å². The number of hydrogen-bond acceptors (Lipinski definition) is 2. The maximum atomic E-state index is 2.72. The molecule has 1 aromatic heterocycles. The third-order valence-electron chi connectivity index (χ3n) is 18.3. The van der Waals surface area contributed by atoms with Crippen LogP contribution >= 0.6 is 11.3 Å². The molecule has 2 heteroatoms. The fourth-order valence-electron chi connectivity index (χ4n) is 16.4. The summed E-state index contributed by atoms with van der Waals surface area (Å²) in [6.07, 6.45) is 16.7. The molecule has 298 valence electrons. The molecule has 4 unspecified atom stereocenters. The molecule has 15 rings (SSSR count). The van der Waals surface area contributed by atoms with E-state index in [4.69, 9.17) is 0 Å². The Labute approximate surface area is 359 Å². The molecule has 0 N–H and O–H groups in total. The van der Waals surface area contributed by atoms with Crippen LogP contribution in [-0.4, -0.2) is 0 Å². The molecule has 8 aliphatic rings. The predicted molar refractivity (Wildman–Crippen MR) is 252 cm³/mol. The molecule has 0 amide bonds. The number of fused-ring (bicyclic) bond motifs is 9. The van der Waals surface area contributed by atoms with Crippen LogP contribution in [-0.2, 0) is 10.8 Å². The van der Waals surface area contributed by atoms with E-state index in [0.717, 1.165) is 41.4 Å². The van der Waals surface area contributed by atoms with Gasteiger partial charge in [-0.3, -0.25) is 0 Å². The summed E-state index contributed by atoms with van der Waals surface area (Å²) in [7, 11) is 0. The van der Waals surface area contributed by atoms with Crippen molar-refractivity contribution in [2.45, 2.75) is 94.8 Å². The van der Waals surface area contributed by atoms with Crippen LogP contribution in [0.5, 0.6) is 0 Å². The van der Waals surface area contributed by atoms with Crippen molar-refractivity contribution in [3.63, 3.8) is 0 Å². The van der Waals surface area contributed by atoms with Crippen LogP contribution in [0.1, 0.15) is 106 Å². The summed E-state index contributed by atoms with van der Waals surface area (Å²) >= 11 is 1.94. The number of benzene rings is 6. The Balaban J connectivity index is 1.01. The van der Waals surface area contributed by atoms with Gasteiger partial charge in [0.15, 0.2) is 0 Å². The molecule has 4 atom stereocenters. The first-order valence-electron chi connectivity index (χ1n) is 23.8. The molecule has 0 aliphatic heterocycles. The van der Waals surface area contributed by atoms with E-state index in [1.165, 1.54) is 137 Å². The van der Waals surface area contributed by atoms with Crippen molar-refractivity contribution in [1.82, 2.24) is 0 Å². The van der Waals surface area contributed by atoms with Gasteiger partial charge in [0.1, 0.15) is 0 Å². The van der Waals surface area contributed by atoms with Gasteiger partial charge in [-0.2, -0.15) is 0 Å². The highest BCUT2D eigenvalue weighted by Gasteiger charge is 2.62. The lowest BCUT2D eigenvalue weighted by molar-refractivity contribution is -0.0399. The third-order valence-corrected chi connectivity index (χ3v) is 19.4. The molecule has 6 fully saturated rings. The van der Waals surface area contributed by atoms with Gasteiger partial charge in [-0.15, -0.1) is 11.3 Å². The largest absolute Gasteiger partial charge is 0.310 e. The SMILES string of the molecule is CCC1CCC2CCCC(C1)C21c2ccccc2-c2cc(N(c3ccc4c(c3)C3(c5ccccc5-4)C4CC5CC(C4)CC3C5)c3cccc4sc5ccccc5c34)ccc21. The van der Waals surface area contributed by atoms with Gasteiger partial charge in [-0.25, -0.2) is 0 Å². The molecule has 2 spiro atoms. The first-order valence-corrected chi connectivity index (χ1v) is 24.6. The summed E-state index contributed by atoms with van der Waals surface area (Å²) in [5.74, 6) is 5.62. The highest BCUT2D eigenvalue weighted by molar-refractivity contribution is 7.26. The van der Waals surface area contributed by atoms with E-state index >= 15 is 0 Å². The second kappa shape index (κ2) is 12.7. The Bertz CT molecular complexity index is 2870. The Morgan fingerprint density at radius 3 is 1.93 bits per heavy atom. The molecule has 60 heavy (non-hydrogen) atoms. The lowest BCUT2D eigenvalue weighted by Gasteiger charge is -2.61. The number of nitrogens with zero attached hydrogens (tertiary/aromatic N) is 1. The van der Waals surface area contributed by atoms with Crippen LogP contribution in [0.4, 0.5) is 17.1 Å². The van der Waals surface area contributed by atoms with Crippen molar-refractivity contribution in [2.24, 2.45) is 41.4 Å². The Morgan fingerprint density at radius 1 is 0.500 bits per heavy atom. The lowest BCUT2D eigenvalue weighted by atomic mass is 9.43. The quantitative estimate of drug-likeness (QED) is 0.171. The van der Waals surface area contributed by atoms with Crippen molar-refractivity contribution in [2.75, 3.05) is 4.90 Å².